The monoisotopic (exact) mass is 464 g/mol. The second-order valence-electron chi connectivity index (χ2n) is 9.79. The molecule has 2 heterocycles. The lowest BCUT2D eigenvalue weighted by Gasteiger charge is -2.64. The quantitative estimate of drug-likeness (QED) is 0.511. The van der Waals surface area contributed by atoms with E-state index in [1.54, 1.807) is 31.2 Å². The maximum absolute atomic E-state index is 13.2. The van der Waals surface area contributed by atoms with Crippen molar-refractivity contribution in [2.45, 2.75) is 62.9 Å². The van der Waals surface area contributed by atoms with Crippen LogP contribution in [0.2, 0.25) is 5.02 Å². The molecule has 9 heteroatoms. The molecule has 0 amide bonds. The first-order chi connectivity index (χ1) is 15.0. The second-order valence-corrected chi connectivity index (χ2v) is 10.2. The molecule has 2 saturated heterocycles. The molecule has 32 heavy (non-hydrogen) atoms. The summed E-state index contributed by atoms with van der Waals surface area (Å²) in [5, 5.41) is 23.5. The summed E-state index contributed by atoms with van der Waals surface area (Å²) in [5.74, 6) is -2.71. The van der Waals surface area contributed by atoms with Crippen molar-refractivity contribution in [3.63, 3.8) is 0 Å². The molecule has 4 aliphatic rings. The first-order valence-electron chi connectivity index (χ1n) is 10.8. The number of fused-ring (bicyclic) bond motifs is 4. The summed E-state index contributed by atoms with van der Waals surface area (Å²) < 4.78 is 16.7. The second kappa shape index (κ2) is 6.68. The SMILES string of the molecule is C[C@@H]1CC[C@@]2(O)[C@@]13C[C@@H](OC(=O)[C@@H]3O)[C@@]1(OC(=O)Cc3ccc(Cl)cc3)C(=O)OC[C@@]21C. The van der Waals surface area contributed by atoms with Gasteiger partial charge in [-0.2, -0.15) is 0 Å². The highest BCUT2D eigenvalue weighted by atomic mass is 35.5. The van der Waals surface area contributed by atoms with E-state index >= 15 is 0 Å². The molecule has 2 N–H and O–H groups in total. The summed E-state index contributed by atoms with van der Waals surface area (Å²) >= 11 is 5.90. The normalized spacial score (nSPS) is 44.3. The topological polar surface area (TPSA) is 119 Å². The van der Waals surface area contributed by atoms with E-state index in [1.807, 2.05) is 6.92 Å². The van der Waals surface area contributed by atoms with Gasteiger partial charge in [0, 0.05) is 16.9 Å². The Morgan fingerprint density at radius 1 is 1.28 bits per heavy atom. The number of aliphatic hydroxyl groups is 2. The third kappa shape index (κ3) is 2.33. The molecule has 0 unspecified atom stereocenters. The van der Waals surface area contributed by atoms with E-state index in [9.17, 15) is 24.6 Å². The van der Waals surface area contributed by atoms with Crippen molar-refractivity contribution in [3.8, 4) is 0 Å². The number of carbonyl (C=O) groups is 3. The fourth-order valence-corrected chi connectivity index (χ4v) is 6.97. The van der Waals surface area contributed by atoms with Gasteiger partial charge in [0.25, 0.3) is 5.60 Å². The number of ether oxygens (including phenoxy) is 3. The smallest absolute Gasteiger partial charge is 0.355 e. The highest BCUT2D eigenvalue weighted by Crippen LogP contribution is 2.72. The van der Waals surface area contributed by atoms with E-state index < -0.39 is 52.1 Å². The van der Waals surface area contributed by atoms with Crippen LogP contribution in [0.15, 0.2) is 24.3 Å². The predicted octanol–water partition coefficient (Wildman–Crippen LogP) is 1.56. The van der Waals surface area contributed by atoms with Crippen molar-refractivity contribution in [2.24, 2.45) is 16.7 Å². The number of hydrogen-bond donors (Lipinski definition) is 2. The molecule has 172 valence electrons. The maximum atomic E-state index is 13.2. The molecule has 1 aromatic rings. The Balaban J connectivity index is 1.59. The van der Waals surface area contributed by atoms with Gasteiger partial charge in [0.05, 0.1) is 17.4 Å². The molecule has 2 aliphatic heterocycles. The van der Waals surface area contributed by atoms with Crippen LogP contribution < -0.4 is 0 Å². The van der Waals surface area contributed by atoms with Crippen molar-refractivity contribution < 1.29 is 38.8 Å². The van der Waals surface area contributed by atoms with Crippen molar-refractivity contribution in [1.82, 2.24) is 0 Å². The van der Waals surface area contributed by atoms with Gasteiger partial charge in [0.2, 0.25) is 0 Å². The van der Waals surface area contributed by atoms with Crippen LogP contribution in [0.25, 0.3) is 0 Å². The van der Waals surface area contributed by atoms with Gasteiger partial charge in [-0.25, -0.2) is 9.59 Å². The van der Waals surface area contributed by atoms with Crippen molar-refractivity contribution in [2.75, 3.05) is 6.61 Å². The average molecular weight is 465 g/mol. The summed E-state index contributed by atoms with van der Waals surface area (Å²) in [6.45, 7) is 3.28. The predicted molar refractivity (Wildman–Crippen MR) is 109 cm³/mol. The highest BCUT2D eigenvalue weighted by molar-refractivity contribution is 6.30. The molecule has 0 aromatic heterocycles. The fraction of sp³-hybridized carbons (Fsp3) is 0.609. The molecule has 2 aliphatic carbocycles. The Morgan fingerprint density at radius 3 is 2.66 bits per heavy atom. The van der Waals surface area contributed by atoms with Gasteiger partial charge >= 0.3 is 17.9 Å². The molecule has 1 spiro atoms. The van der Waals surface area contributed by atoms with Gasteiger partial charge in [-0.05, 0) is 43.4 Å². The van der Waals surface area contributed by atoms with Crippen LogP contribution in [0.1, 0.15) is 38.7 Å². The summed E-state index contributed by atoms with van der Waals surface area (Å²) in [6, 6.07) is 6.61. The lowest BCUT2D eigenvalue weighted by atomic mass is 9.44. The third-order valence-corrected chi connectivity index (χ3v) is 8.85. The number of esters is 3. The Morgan fingerprint density at radius 2 is 1.97 bits per heavy atom. The first kappa shape index (κ1) is 21.7. The van der Waals surface area contributed by atoms with Gasteiger partial charge in [-0.15, -0.1) is 0 Å². The molecule has 8 nitrogen and oxygen atoms in total. The van der Waals surface area contributed by atoms with Crippen LogP contribution in [0.3, 0.4) is 0 Å². The third-order valence-electron chi connectivity index (χ3n) is 8.60. The Hall–Kier alpha value is -2.16. The molecular weight excluding hydrogens is 440 g/mol. The lowest BCUT2D eigenvalue weighted by Crippen LogP contribution is -2.81. The molecule has 0 radical (unpaired) electrons. The van der Waals surface area contributed by atoms with Gasteiger partial charge in [0.15, 0.2) is 12.2 Å². The molecular formula is C23H25ClO8. The van der Waals surface area contributed by atoms with Gasteiger partial charge in [-0.1, -0.05) is 30.7 Å². The van der Waals surface area contributed by atoms with Crippen LogP contribution >= 0.6 is 11.6 Å². The van der Waals surface area contributed by atoms with Gasteiger partial charge < -0.3 is 24.4 Å². The average Bonchev–Trinajstić information content (AvgIpc) is 3.16. The van der Waals surface area contributed by atoms with Crippen molar-refractivity contribution >= 4 is 29.5 Å². The maximum Gasteiger partial charge on any atom is 0.355 e. The van der Waals surface area contributed by atoms with Gasteiger partial charge in [-0.3, -0.25) is 4.79 Å². The van der Waals surface area contributed by atoms with Crippen LogP contribution in [0.4, 0.5) is 0 Å². The van der Waals surface area contributed by atoms with Crippen LogP contribution in [0, 0.1) is 16.7 Å². The molecule has 2 bridgehead atoms. The van der Waals surface area contributed by atoms with Crippen molar-refractivity contribution in [3.05, 3.63) is 34.9 Å². The minimum atomic E-state index is -2.01. The number of carbonyl (C=O) groups excluding carboxylic acids is 3. The minimum Gasteiger partial charge on any atom is -0.462 e. The number of rotatable bonds is 3. The molecule has 5 rings (SSSR count). The number of aliphatic hydroxyl groups excluding tert-OH is 1. The number of hydrogen-bond acceptors (Lipinski definition) is 8. The van der Waals surface area contributed by atoms with Crippen LogP contribution in [-0.2, 0) is 35.0 Å². The Kier molecular flexibility index (Phi) is 4.53. The van der Waals surface area contributed by atoms with Crippen molar-refractivity contribution in [1.29, 1.82) is 0 Å². The van der Waals surface area contributed by atoms with E-state index in [-0.39, 0.29) is 31.8 Å². The molecule has 7 atom stereocenters. The standard InChI is InChI=1S/C23H25ClO8/c1-12-7-8-22(29)20(2)11-30-19(28)23(20,15-10-21(12,22)17(26)18(27)31-15)32-16(25)9-13-3-5-14(24)6-4-13/h3-6,12,15,17,26,29H,7-11H2,1-2H3/t12-,15-,17+,20+,21+,22+,23-/m1/s1. The Bertz CT molecular complexity index is 1010. The van der Waals surface area contributed by atoms with Crippen LogP contribution in [-0.4, -0.2) is 58.1 Å². The first-order valence-corrected chi connectivity index (χ1v) is 11.1. The minimum absolute atomic E-state index is 0.00348. The number of benzene rings is 1. The summed E-state index contributed by atoms with van der Waals surface area (Å²) in [5.41, 5.74) is -5.70. The van der Waals surface area contributed by atoms with E-state index in [0.29, 0.717) is 17.0 Å². The zero-order valence-electron chi connectivity index (χ0n) is 17.8. The lowest BCUT2D eigenvalue weighted by molar-refractivity contribution is -0.322. The zero-order valence-corrected chi connectivity index (χ0v) is 18.6. The van der Waals surface area contributed by atoms with Gasteiger partial charge in [0.1, 0.15) is 6.61 Å². The molecule has 2 saturated carbocycles. The van der Waals surface area contributed by atoms with E-state index in [0.717, 1.165) is 0 Å². The van der Waals surface area contributed by atoms with E-state index in [1.165, 1.54) is 0 Å². The van der Waals surface area contributed by atoms with E-state index in [4.69, 9.17) is 25.8 Å². The fourth-order valence-electron chi connectivity index (χ4n) is 6.85. The number of cyclic esters (lactones) is 1. The molecule has 1 aromatic carbocycles. The number of halogens is 1. The van der Waals surface area contributed by atoms with E-state index in [2.05, 4.69) is 0 Å². The Labute approximate surface area is 189 Å². The molecule has 4 fully saturated rings. The highest BCUT2D eigenvalue weighted by Gasteiger charge is 2.87. The largest absolute Gasteiger partial charge is 0.462 e. The zero-order chi connectivity index (χ0) is 23.1. The summed E-state index contributed by atoms with van der Waals surface area (Å²) in [4.78, 5) is 38.9. The summed E-state index contributed by atoms with van der Waals surface area (Å²) in [6.07, 6.45) is -2.10. The van der Waals surface area contributed by atoms with Crippen LogP contribution in [0.5, 0.6) is 0 Å². The summed E-state index contributed by atoms with van der Waals surface area (Å²) in [7, 11) is 0.